The van der Waals surface area contributed by atoms with Gasteiger partial charge in [0, 0.05) is 10.4 Å². The summed E-state index contributed by atoms with van der Waals surface area (Å²) in [5.41, 5.74) is 2.42. The number of aryl methyl sites for hydroxylation is 1. The SMILES string of the molecule is COC(=O)c1c(NC(=O)c2c(-c3c(Cl)cccc3Cl)noc2C)sc2c1CCC(C(C)(C)C)C2. The highest BCUT2D eigenvalue weighted by Gasteiger charge is 2.35. The van der Waals surface area contributed by atoms with Crippen LogP contribution < -0.4 is 5.32 Å². The fourth-order valence-corrected chi connectivity index (χ4v) is 6.32. The van der Waals surface area contributed by atoms with Crippen molar-refractivity contribution < 1.29 is 18.8 Å². The predicted octanol–water partition coefficient (Wildman–Crippen LogP) is 7.21. The van der Waals surface area contributed by atoms with Gasteiger partial charge in [0.25, 0.3) is 5.91 Å². The number of aromatic nitrogens is 1. The Morgan fingerprint density at radius 1 is 1.21 bits per heavy atom. The van der Waals surface area contributed by atoms with Gasteiger partial charge in [-0.2, -0.15) is 0 Å². The van der Waals surface area contributed by atoms with E-state index in [0.717, 1.165) is 29.7 Å². The minimum absolute atomic E-state index is 0.152. The first kappa shape index (κ1) is 24.8. The standard InChI is InChI=1S/C25H26Cl2N2O4S/c1-12-18(21(29-33-12)20-15(26)7-6-8-16(20)27)22(30)28-23-19(24(31)32-5)14-10-9-13(25(2,3)4)11-17(14)34-23/h6-8,13H,9-11H2,1-5H3,(H,28,30). The fraction of sp³-hybridized carbons (Fsp3) is 0.400. The van der Waals surface area contributed by atoms with Gasteiger partial charge in [0.05, 0.1) is 22.7 Å². The zero-order chi connectivity index (χ0) is 24.8. The van der Waals surface area contributed by atoms with Crippen molar-refractivity contribution in [1.82, 2.24) is 5.16 Å². The number of amides is 1. The molecule has 1 aromatic carbocycles. The second-order valence-electron chi connectivity index (χ2n) is 9.52. The van der Waals surface area contributed by atoms with E-state index in [1.54, 1.807) is 25.1 Å². The second-order valence-corrected chi connectivity index (χ2v) is 11.4. The molecular weight excluding hydrogens is 495 g/mol. The van der Waals surface area contributed by atoms with E-state index in [2.05, 4.69) is 31.2 Å². The molecule has 0 saturated carbocycles. The van der Waals surface area contributed by atoms with Gasteiger partial charge in [-0.15, -0.1) is 11.3 Å². The summed E-state index contributed by atoms with van der Waals surface area (Å²) in [7, 11) is 1.35. The van der Waals surface area contributed by atoms with Crippen LogP contribution in [0.15, 0.2) is 22.7 Å². The van der Waals surface area contributed by atoms with Gasteiger partial charge in [-0.05, 0) is 55.2 Å². The molecule has 2 heterocycles. The molecule has 4 rings (SSSR count). The molecule has 0 bridgehead atoms. The third kappa shape index (κ3) is 4.49. The van der Waals surface area contributed by atoms with Crippen molar-refractivity contribution in [2.24, 2.45) is 11.3 Å². The van der Waals surface area contributed by atoms with Crippen molar-refractivity contribution >= 4 is 51.4 Å². The van der Waals surface area contributed by atoms with Crippen molar-refractivity contribution in [3.63, 3.8) is 0 Å². The molecule has 180 valence electrons. The molecule has 1 N–H and O–H groups in total. The summed E-state index contributed by atoms with van der Waals surface area (Å²) in [6, 6.07) is 5.05. The molecule has 3 aromatic rings. The number of esters is 1. The highest BCUT2D eigenvalue weighted by Crippen LogP contribution is 2.45. The van der Waals surface area contributed by atoms with Gasteiger partial charge in [0.1, 0.15) is 22.0 Å². The number of rotatable bonds is 4. The van der Waals surface area contributed by atoms with E-state index in [1.807, 2.05) is 0 Å². The number of carbonyl (C=O) groups excluding carboxylic acids is 2. The van der Waals surface area contributed by atoms with E-state index in [4.69, 9.17) is 32.5 Å². The summed E-state index contributed by atoms with van der Waals surface area (Å²) in [5, 5.41) is 8.14. The average molecular weight is 521 g/mol. The number of anilines is 1. The number of hydrogen-bond donors (Lipinski definition) is 1. The molecule has 0 fully saturated rings. The Bertz CT molecular complexity index is 1250. The largest absolute Gasteiger partial charge is 0.465 e. The number of thiophene rings is 1. The second kappa shape index (κ2) is 9.36. The molecule has 6 nitrogen and oxygen atoms in total. The van der Waals surface area contributed by atoms with Gasteiger partial charge in [0.15, 0.2) is 0 Å². The molecular formula is C25H26Cl2N2O4S. The van der Waals surface area contributed by atoms with Crippen LogP contribution in [0.5, 0.6) is 0 Å². The predicted molar refractivity (Wildman–Crippen MR) is 135 cm³/mol. The van der Waals surface area contributed by atoms with Crippen LogP contribution in [0.4, 0.5) is 5.00 Å². The van der Waals surface area contributed by atoms with Crippen molar-refractivity contribution in [3.8, 4) is 11.3 Å². The summed E-state index contributed by atoms with van der Waals surface area (Å²) in [4.78, 5) is 27.3. The monoisotopic (exact) mass is 520 g/mol. The number of methoxy groups -OCH3 is 1. The van der Waals surface area contributed by atoms with Gasteiger partial charge in [-0.1, -0.05) is 55.2 Å². The number of benzene rings is 1. The molecule has 0 aliphatic heterocycles. The van der Waals surface area contributed by atoms with Crippen molar-refractivity contribution in [2.75, 3.05) is 12.4 Å². The van der Waals surface area contributed by atoms with Gasteiger partial charge in [-0.3, -0.25) is 4.79 Å². The lowest BCUT2D eigenvalue weighted by atomic mass is 9.72. The average Bonchev–Trinajstić information content (AvgIpc) is 3.32. The van der Waals surface area contributed by atoms with Crippen LogP contribution >= 0.6 is 34.5 Å². The van der Waals surface area contributed by atoms with E-state index >= 15 is 0 Å². The number of carbonyl (C=O) groups is 2. The number of nitrogens with one attached hydrogen (secondary N) is 1. The number of hydrogen-bond acceptors (Lipinski definition) is 6. The zero-order valence-corrected chi connectivity index (χ0v) is 22.0. The number of halogens is 2. The summed E-state index contributed by atoms with van der Waals surface area (Å²) < 4.78 is 10.4. The van der Waals surface area contributed by atoms with Gasteiger partial charge in [-0.25, -0.2) is 4.79 Å². The van der Waals surface area contributed by atoms with Crippen molar-refractivity contribution in [1.29, 1.82) is 0 Å². The molecule has 1 aliphatic rings. The molecule has 34 heavy (non-hydrogen) atoms. The molecule has 1 aliphatic carbocycles. The normalized spacial score (nSPS) is 15.7. The zero-order valence-electron chi connectivity index (χ0n) is 19.7. The fourth-order valence-electron chi connectivity index (χ4n) is 4.43. The molecule has 2 aromatic heterocycles. The maximum Gasteiger partial charge on any atom is 0.341 e. The summed E-state index contributed by atoms with van der Waals surface area (Å²) in [6.07, 6.45) is 2.60. The lowest BCUT2D eigenvalue weighted by Gasteiger charge is -2.33. The van der Waals surface area contributed by atoms with Gasteiger partial charge in [0.2, 0.25) is 0 Å². The van der Waals surface area contributed by atoms with E-state index in [9.17, 15) is 9.59 Å². The van der Waals surface area contributed by atoms with Crippen LogP contribution in [0, 0.1) is 18.3 Å². The molecule has 1 unspecified atom stereocenters. The maximum atomic E-state index is 13.5. The number of fused-ring (bicyclic) bond motifs is 1. The lowest BCUT2D eigenvalue weighted by Crippen LogP contribution is -2.26. The Balaban J connectivity index is 1.74. The highest BCUT2D eigenvalue weighted by molar-refractivity contribution is 7.17. The topological polar surface area (TPSA) is 81.4 Å². The van der Waals surface area contributed by atoms with E-state index in [1.165, 1.54) is 18.4 Å². The molecule has 0 spiro atoms. The first-order valence-corrected chi connectivity index (χ1v) is 12.5. The Labute approximate surface area is 212 Å². The number of ether oxygens (including phenoxy) is 1. The highest BCUT2D eigenvalue weighted by atomic mass is 35.5. The van der Waals surface area contributed by atoms with Crippen LogP contribution in [0.25, 0.3) is 11.3 Å². The lowest BCUT2D eigenvalue weighted by molar-refractivity contribution is 0.0600. The molecule has 0 saturated heterocycles. The van der Waals surface area contributed by atoms with Crippen LogP contribution in [0.3, 0.4) is 0 Å². The molecule has 9 heteroatoms. The van der Waals surface area contributed by atoms with E-state index < -0.39 is 11.9 Å². The first-order chi connectivity index (χ1) is 16.0. The Hall–Kier alpha value is -2.35. The Morgan fingerprint density at radius 3 is 2.50 bits per heavy atom. The first-order valence-electron chi connectivity index (χ1n) is 11.0. The van der Waals surface area contributed by atoms with Gasteiger partial charge >= 0.3 is 5.97 Å². The third-order valence-corrected chi connectivity index (χ3v) is 8.20. The Morgan fingerprint density at radius 2 is 1.88 bits per heavy atom. The van der Waals surface area contributed by atoms with Crippen molar-refractivity contribution in [3.05, 3.63) is 55.6 Å². The van der Waals surface area contributed by atoms with Crippen LogP contribution in [-0.4, -0.2) is 24.1 Å². The summed E-state index contributed by atoms with van der Waals surface area (Å²) in [6.45, 7) is 8.34. The quantitative estimate of drug-likeness (QED) is 0.367. The summed E-state index contributed by atoms with van der Waals surface area (Å²) in [5.74, 6) is -0.113. The molecule has 0 radical (unpaired) electrons. The minimum Gasteiger partial charge on any atom is -0.465 e. The minimum atomic E-state index is -0.460. The van der Waals surface area contributed by atoms with Crippen LogP contribution in [0.1, 0.15) is 64.1 Å². The Kier molecular flexibility index (Phi) is 6.82. The van der Waals surface area contributed by atoms with Crippen molar-refractivity contribution in [2.45, 2.75) is 47.0 Å². The molecule has 1 amide bonds. The van der Waals surface area contributed by atoms with Gasteiger partial charge < -0.3 is 14.6 Å². The maximum absolute atomic E-state index is 13.5. The van der Waals surface area contributed by atoms with E-state index in [-0.39, 0.29) is 16.7 Å². The third-order valence-electron chi connectivity index (χ3n) is 6.40. The summed E-state index contributed by atoms with van der Waals surface area (Å²) >= 11 is 14.1. The molecule has 1 atom stereocenters. The number of nitrogens with zero attached hydrogens (tertiary/aromatic N) is 1. The van der Waals surface area contributed by atoms with E-state index in [0.29, 0.717) is 37.9 Å². The van der Waals surface area contributed by atoms with Crippen LogP contribution in [0.2, 0.25) is 10.0 Å². The smallest absolute Gasteiger partial charge is 0.341 e. The van der Waals surface area contributed by atoms with Crippen LogP contribution in [-0.2, 0) is 17.6 Å².